The highest BCUT2D eigenvalue weighted by atomic mass is 19.4. The number of alkyl halides is 5. The first kappa shape index (κ1) is 17.1. The Hall–Kier alpha value is -2.69. The van der Waals surface area contributed by atoms with E-state index in [0.29, 0.717) is 0 Å². The van der Waals surface area contributed by atoms with E-state index in [1.807, 2.05) is 0 Å². The third-order valence-corrected chi connectivity index (χ3v) is 3.57. The summed E-state index contributed by atoms with van der Waals surface area (Å²) in [6, 6.07) is 4.05. The average Bonchev–Trinajstić information content (AvgIpc) is 3.07. The Morgan fingerprint density at radius 2 is 1.84 bits per heavy atom. The molecule has 3 aromatic rings. The van der Waals surface area contributed by atoms with Crippen LogP contribution in [0.1, 0.15) is 17.3 Å². The Morgan fingerprint density at radius 1 is 1.08 bits per heavy atom. The van der Waals surface area contributed by atoms with E-state index in [0.717, 1.165) is 29.2 Å². The van der Waals surface area contributed by atoms with Crippen LogP contribution in [-0.4, -0.2) is 42.8 Å². The summed E-state index contributed by atoms with van der Waals surface area (Å²) in [5, 5.41) is 20.1. The fourth-order valence-electron chi connectivity index (χ4n) is 2.38. The summed E-state index contributed by atoms with van der Waals surface area (Å²) in [5.74, 6) is 0. The van der Waals surface area contributed by atoms with Crippen molar-refractivity contribution in [2.24, 2.45) is 0 Å². The number of nitrogens with zero attached hydrogens (tertiary/aromatic N) is 5. The number of aliphatic hydroxyl groups is 1. The predicted molar refractivity (Wildman–Crippen MR) is 74.7 cm³/mol. The molecule has 0 aliphatic heterocycles. The lowest BCUT2D eigenvalue weighted by Crippen LogP contribution is -2.32. The topological polar surface area (TPSA) is 76.7 Å². The summed E-state index contributed by atoms with van der Waals surface area (Å²) in [6.45, 7) is 0. The van der Waals surface area contributed by atoms with Gasteiger partial charge in [0.2, 0.25) is 0 Å². The molecule has 132 valence electrons. The summed E-state index contributed by atoms with van der Waals surface area (Å²) >= 11 is 0. The van der Waals surface area contributed by atoms with E-state index in [2.05, 4.69) is 20.5 Å². The number of aromatic nitrogens is 5. The van der Waals surface area contributed by atoms with Gasteiger partial charge < -0.3 is 5.11 Å². The monoisotopic (exact) mass is 359 g/mol. The first-order valence-corrected chi connectivity index (χ1v) is 6.94. The Kier molecular flexibility index (Phi) is 4.33. The second kappa shape index (κ2) is 6.31. The summed E-state index contributed by atoms with van der Waals surface area (Å²) in [5.41, 5.74) is -0.698. The van der Waals surface area contributed by atoms with Gasteiger partial charge >= 0.3 is 6.18 Å². The summed E-state index contributed by atoms with van der Waals surface area (Å²) in [7, 11) is 0. The zero-order chi connectivity index (χ0) is 18.2. The zero-order valence-electron chi connectivity index (χ0n) is 12.3. The Bertz CT molecular complexity index is 868. The summed E-state index contributed by atoms with van der Waals surface area (Å²) < 4.78 is 65.1. The molecular weight excluding hydrogens is 349 g/mol. The van der Waals surface area contributed by atoms with Crippen molar-refractivity contribution >= 4 is 10.9 Å². The van der Waals surface area contributed by atoms with E-state index in [1.54, 1.807) is 0 Å². The lowest BCUT2D eigenvalue weighted by atomic mass is 10.0. The molecule has 1 aromatic carbocycles. The van der Waals surface area contributed by atoms with Gasteiger partial charge in [-0.25, -0.2) is 13.5 Å². The number of hydrogen-bond donors (Lipinski definition) is 1. The molecule has 0 aliphatic carbocycles. The van der Waals surface area contributed by atoms with Gasteiger partial charge in [0.05, 0.1) is 16.8 Å². The summed E-state index contributed by atoms with van der Waals surface area (Å²) in [6.07, 6.45) is -8.72. The molecule has 2 unspecified atom stereocenters. The number of pyridine rings is 1. The molecule has 11 heteroatoms. The van der Waals surface area contributed by atoms with Crippen molar-refractivity contribution in [3.8, 4) is 0 Å². The zero-order valence-corrected chi connectivity index (χ0v) is 12.3. The quantitative estimate of drug-likeness (QED) is 0.724. The van der Waals surface area contributed by atoms with E-state index in [4.69, 9.17) is 0 Å². The second-order valence-electron chi connectivity index (χ2n) is 5.20. The van der Waals surface area contributed by atoms with Crippen molar-refractivity contribution in [3.05, 3.63) is 47.9 Å². The van der Waals surface area contributed by atoms with Gasteiger partial charge in [0.25, 0.3) is 6.43 Å². The highest BCUT2D eigenvalue weighted by Crippen LogP contribution is 2.32. The molecule has 2 atom stereocenters. The SMILES string of the molecule is OC(C(F)F)C(c1ccc2cc(C(F)(F)F)ccc2n1)n1cnnn1. The maximum absolute atomic E-state index is 13.0. The van der Waals surface area contributed by atoms with E-state index in [-0.39, 0.29) is 16.6 Å². The lowest BCUT2D eigenvalue weighted by molar-refractivity contribution is -0.137. The van der Waals surface area contributed by atoms with Crippen molar-refractivity contribution in [1.29, 1.82) is 0 Å². The van der Waals surface area contributed by atoms with E-state index in [9.17, 15) is 27.1 Å². The molecule has 1 N–H and O–H groups in total. The molecule has 0 amide bonds. The van der Waals surface area contributed by atoms with Crippen LogP contribution in [-0.2, 0) is 6.18 Å². The number of rotatable bonds is 4. The molecule has 0 saturated carbocycles. The average molecular weight is 359 g/mol. The molecule has 0 aliphatic rings. The van der Waals surface area contributed by atoms with E-state index in [1.165, 1.54) is 12.1 Å². The molecule has 0 fully saturated rings. The normalized spacial score (nSPS) is 14.8. The minimum atomic E-state index is -4.51. The molecule has 3 rings (SSSR count). The first-order chi connectivity index (χ1) is 11.8. The van der Waals surface area contributed by atoms with Crippen LogP contribution in [0.25, 0.3) is 10.9 Å². The minimum absolute atomic E-state index is 0.00708. The Morgan fingerprint density at radius 3 is 2.44 bits per heavy atom. The number of benzene rings is 1. The van der Waals surface area contributed by atoms with Gasteiger partial charge in [-0.1, -0.05) is 6.07 Å². The minimum Gasteiger partial charge on any atom is -0.384 e. The Balaban J connectivity index is 2.07. The Labute approximate surface area is 136 Å². The smallest absolute Gasteiger partial charge is 0.384 e. The predicted octanol–water partition coefficient (Wildman–Crippen LogP) is 2.46. The molecule has 6 nitrogen and oxygen atoms in total. The molecule has 0 bridgehead atoms. The highest BCUT2D eigenvalue weighted by molar-refractivity contribution is 5.79. The van der Waals surface area contributed by atoms with E-state index >= 15 is 0 Å². The highest BCUT2D eigenvalue weighted by Gasteiger charge is 2.33. The van der Waals surface area contributed by atoms with Crippen LogP contribution in [0.15, 0.2) is 36.7 Å². The molecule has 0 radical (unpaired) electrons. The number of aliphatic hydroxyl groups excluding tert-OH is 1. The van der Waals surface area contributed by atoms with Crippen LogP contribution in [0.4, 0.5) is 22.0 Å². The second-order valence-corrected chi connectivity index (χ2v) is 5.20. The van der Waals surface area contributed by atoms with Crippen LogP contribution in [0, 0.1) is 0 Å². The third-order valence-electron chi connectivity index (χ3n) is 3.57. The number of hydrogen-bond acceptors (Lipinski definition) is 5. The van der Waals surface area contributed by atoms with Gasteiger partial charge in [0, 0.05) is 5.39 Å². The van der Waals surface area contributed by atoms with Crippen LogP contribution >= 0.6 is 0 Å². The molecular formula is C14H10F5N5O. The van der Waals surface area contributed by atoms with Gasteiger partial charge in [-0.2, -0.15) is 13.2 Å². The molecule has 25 heavy (non-hydrogen) atoms. The maximum atomic E-state index is 13.0. The van der Waals surface area contributed by atoms with Crippen LogP contribution in [0.2, 0.25) is 0 Å². The fraction of sp³-hybridized carbons (Fsp3) is 0.286. The lowest BCUT2D eigenvalue weighted by Gasteiger charge is -2.21. The molecule has 0 spiro atoms. The maximum Gasteiger partial charge on any atom is 0.416 e. The van der Waals surface area contributed by atoms with Crippen molar-refractivity contribution in [2.45, 2.75) is 24.7 Å². The van der Waals surface area contributed by atoms with Gasteiger partial charge in [0.1, 0.15) is 18.5 Å². The van der Waals surface area contributed by atoms with Crippen LogP contribution in [0.5, 0.6) is 0 Å². The largest absolute Gasteiger partial charge is 0.416 e. The van der Waals surface area contributed by atoms with Crippen molar-refractivity contribution in [2.75, 3.05) is 0 Å². The van der Waals surface area contributed by atoms with Gasteiger partial charge in [-0.3, -0.25) is 4.98 Å². The molecule has 0 saturated heterocycles. The third kappa shape index (κ3) is 3.40. The van der Waals surface area contributed by atoms with E-state index < -0.39 is 30.3 Å². The van der Waals surface area contributed by atoms with Crippen molar-refractivity contribution < 1.29 is 27.1 Å². The number of tetrazole rings is 1. The van der Waals surface area contributed by atoms with Crippen LogP contribution in [0.3, 0.4) is 0 Å². The molecule has 2 heterocycles. The first-order valence-electron chi connectivity index (χ1n) is 6.94. The number of halogens is 5. The van der Waals surface area contributed by atoms with Gasteiger partial charge in [-0.15, -0.1) is 5.10 Å². The number of fused-ring (bicyclic) bond motifs is 1. The standard InChI is InChI=1S/C14H10F5N5O/c15-13(16)12(25)11(24-6-20-22-23-24)10-3-1-7-5-8(14(17,18)19)2-4-9(7)21-10/h1-6,11-13,25H. The molecule has 2 aromatic heterocycles. The van der Waals surface area contributed by atoms with Crippen molar-refractivity contribution in [1.82, 2.24) is 25.2 Å². The van der Waals surface area contributed by atoms with Crippen molar-refractivity contribution in [3.63, 3.8) is 0 Å². The summed E-state index contributed by atoms with van der Waals surface area (Å²) in [4.78, 5) is 4.08. The van der Waals surface area contributed by atoms with Crippen LogP contribution < -0.4 is 0 Å². The van der Waals surface area contributed by atoms with Gasteiger partial charge in [0.15, 0.2) is 0 Å². The fourth-order valence-corrected chi connectivity index (χ4v) is 2.38. The van der Waals surface area contributed by atoms with Gasteiger partial charge in [-0.05, 0) is 34.7 Å².